The van der Waals surface area contributed by atoms with Crippen molar-refractivity contribution in [3.63, 3.8) is 0 Å². The van der Waals surface area contributed by atoms with E-state index in [0.29, 0.717) is 18.6 Å². The molecule has 0 unspecified atom stereocenters. The lowest BCUT2D eigenvalue weighted by atomic mass is 10.0. The van der Waals surface area contributed by atoms with Crippen LogP contribution in [0.3, 0.4) is 0 Å². The Morgan fingerprint density at radius 1 is 0.900 bits per heavy atom. The molecule has 1 aromatic carbocycles. The first-order valence-electron chi connectivity index (χ1n) is 9.65. The van der Waals surface area contributed by atoms with Crippen LogP contribution in [0, 0.1) is 0 Å². The molecule has 0 spiro atoms. The molecule has 1 aromatic rings. The van der Waals surface area contributed by atoms with Crippen LogP contribution >= 0.6 is 0 Å². The van der Waals surface area contributed by atoms with Crippen LogP contribution < -0.4 is 5.32 Å². The second-order valence-corrected chi connectivity index (χ2v) is 7.11. The number of hydrogen-bond acceptors (Lipinski definition) is 2. The fourth-order valence-electron chi connectivity index (χ4n) is 2.94. The zero-order chi connectivity index (χ0) is 22.9. The minimum Gasteiger partial charge on any atom is -0.480 e. The van der Waals surface area contributed by atoms with Crippen LogP contribution in [-0.2, 0) is 28.4 Å². The molecule has 10 heteroatoms. The molecule has 0 aliphatic heterocycles. The maximum atomic E-state index is 12.9. The van der Waals surface area contributed by atoms with Crippen molar-refractivity contribution < 1.29 is 41.0 Å². The maximum Gasteiger partial charge on any atom is 0.416 e. The molecule has 2 N–H and O–H groups in total. The van der Waals surface area contributed by atoms with Gasteiger partial charge in [0.2, 0.25) is 5.91 Å². The normalized spacial score (nSPS) is 13.2. The third kappa shape index (κ3) is 9.04. The molecule has 0 radical (unpaired) electrons. The van der Waals surface area contributed by atoms with Crippen LogP contribution in [0.1, 0.15) is 68.6 Å². The summed E-state index contributed by atoms with van der Waals surface area (Å²) in [5.41, 5.74) is -3.55. The standard InChI is InChI=1S/C20H25F6NO3/c1-2-3-4-5-6-7-8-16(18(29)30)27-17(28)11-13-9-14(19(21,22)23)12-15(10-13)20(24,25)26/h9-10,12,16H,2-8,11H2,1H3,(H,27,28)(H,29,30)/t16-/m1/s1. The minimum absolute atomic E-state index is 0.0278. The molecule has 4 nitrogen and oxygen atoms in total. The van der Waals surface area contributed by atoms with E-state index in [1.807, 2.05) is 0 Å². The molecule has 0 saturated carbocycles. The molecule has 1 atom stereocenters. The summed E-state index contributed by atoms with van der Waals surface area (Å²) >= 11 is 0. The van der Waals surface area contributed by atoms with E-state index >= 15 is 0 Å². The Morgan fingerprint density at radius 2 is 1.40 bits per heavy atom. The Bertz CT molecular complexity index is 683. The Hall–Kier alpha value is -2.26. The smallest absolute Gasteiger partial charge is 0.416 e. The van der Waals surface area contributed by atoms with E-state index in [4.69, 9.17) is 0 Å². The molecular weight excluding hydrogens is 416 g/mol. The summed E-state index contributed by atoms with van der Waals surface area (Å²) in [6.45, 7) is 2.05. The molecule has 0 aliphatic rings. The number of hydrogen-bond donors (Lipinski definition) is 2. The lowest BCUT2D eigenvalue weighted by molar-refractivity contribution is -0.143. The number of carbonyl (C=O) groups is 2. The first kappa shape index (κ1) is 25.8. The number of nitrogens with one attached hydrogen (secondary N) is 1. The Balaban J connectivity index is 2.80. The number of alkyl halides is 6. The second-order valence-electron chi connectivity index (χ2n) is 7.11. The minimum atomic E-state index is -5.02. The summed E-state index contributed by atoms with van der Waals surface area (Å²) < 4.78 is 77.4. The van der Waals surface area contributed by atoms with Gasteiger partial charge in [-0.3, -0.25) is 4.79 Å². The first-order valence-corrected chi connectivity index (χ1v) is 9.65. The van der Waals surface area contributed by atoms with E-state index in [2.05, 4.69) is 12.2 Å². The van der Waals surface area contributed by atoms with Crippen LogP contribution in [0.4, 0.5) is 26.3 Å². The number of benzene rings is 1. The average molecular weight is 441 g/mol. The van der Waals surface area contributed by atoms with Crippen molar-refractivity contribution in [1.82, 2.24) is 5.32 Å². The van der Waals surface area contributed by atoms with E-state index in [0.717, 1.165) is 32.1 Å². The number of rotatable bonds is 11. The molecular formula is C20H25F6NO3. The van der Waals surface area contributed by atoms with Gasteiger partial charge in [0.15, 0.2) is 0 Å². The van der Waals surface area contributed by atoms with Crippen molar-refractivity contribution in [2.24, 2.45) is 0 Å². The van der Waals surface area contributed by atoms with E-state index in [9.17, 15) is 41.0 Å². The van der Waals surface area contributed by atoms with E-state index < -0.39 is 53.4 Å². The van der Waals surface area contributed by atoms with Gasteiger partial charge < -0.3 is 10.4 Å². The van der Waals surface area contributed by atoms with Crippen molar-refractivity contribution in [1.29, 1.82) is 0 Å². The highest BCUT2D eigenvalue weighted by atomic mass is 19.4. The van der Waals surface area contributed by atoms with Crippen LogP contribution in [0.5, 0.6) is 0 Å². The third-order valence-electron chi connectivity index (χ3n) is 4.49. The molecule has 30 heavy (non-hydrogen) atoms. The summed E-state index contributed by atoms with van der Waals surface area (Å²) in [6.07, 6.45) is -5.37. The predicted molar refractivity (Wildman–Crippen MR) is 97.7 cm³/mol. The van der Waals surface area contributed by atoms with Gasteiger partial charge in [-0.2, -0.15) is 26.3 Å². The lowest BCUT2D eigenvalue weighted by Crippen LogP contribution is -2.41. The SMILES string of the molecule is CCCCCCCC[C@@H](NC(=O)Cc1cc(C(F)(F)F)cc(C(F)(F)F)c1)C(=O)O. The fourth-order valence-corrected chi connectivity index (χ4v) is 2.94. The Labute approximate surface area is 170 Å². The summed E-state index contributed by atoms with van der Waals surface area (Å²) in [5, 5.41) is 11.4. The quantitative estimate of drug-likeness (QED) is 0.348. The van der Waals surface area contributed by atoms with Crippen molar-refractivity contribution in [2.45, 2.75) is 76.7 Å². The fraction of sp³-hybridized carbons (Fsp3) is 0.600. The number of halogens is 6. The molecule has 0 bridgehead atoms. The van der Waals surface area contributed by atoms with Crippen LogP contribution in [0.15, 0.2) is 18.2 Å². The number of unbranched alkanes of at least 4 members (excludes halogenated alkanes) is 5. The monoisotopic (exact) mass is 441 g/mol. The largest absolute Gasteiger partial charge is 0.480 e. The number of carbonyl (C=O) groups excluding carboxylic acids is 1. The molecule has 0 heterocycles. The molecule has 0 fully saturated rings. The maximum absolute atomic E-state index is 12.9. The zero-order valence-electron chi connectivity index (χ0n) is 16.5. The highest BCUT2D eigenvalue weighted by molar-refractivity contribution is 5.84. The number of amides is 1. The molecule has 1 amide bonds. The van der Waals surface area contributed by atoms with Crippen molar-refractivity contribution in [2.75, 3.05) is 0 Å². The third-order valence-corrected chi connectivity index (χ3v) is 4.49. The van der Waals surface area contributed by atoms with Crippen molar-refractivity contribution in [3.8, 4) is 0 Å². The number of carboxylic acids is 1. The Kier molecular flexibility index (Phi) is 9.64. The summed E-state index contributed by atoms with van der Waals surface area (Å²) in [7, 11) is 0. The second kappa shape index (κ2) is 11.2. The number of aliphatic carboxylic acids is 1. The first-order chi connectivity index (χ1) is 13.8. The van der Waals surface area contributed by atoms with Gasteiger partial charge in [0.25, 0.3) is 0 Å². The van der Waals surface area contributed by atoms with Crippen LogP contribution in [-0.4, -0.2) is 23.0 Å². The highest BCUT2D eigenvalue weighted by Crippen LogP contribution is 2.36. The Morgan fingerprint density at radius 3 is 1.87 bits per heavy atom. The zero-order valence-corrected chi connectivity index (χ0v) is 16.5. The highest BCUT2D eigenvalue weighted by Gasteiger charge is 2.37. The molecule has 0 aromatic heterocycles. The van der Waals surface area contributed by atoms with Crippen molar-refractivity contribution in [3.05, 3.63) is 34.9 Å². The molecule has 1 rings (SSSR count). The average Bonchev–Trinajstić information content (AvgIpc) is 2.61. The topological polar surface area (TPSA) is 66.4 Å². The predicted octanol–water partition coefficient (Wildman–Crippen LogP) is 5.59. The van der Waals surface area contributed by atoms with Gasteiger partial charge in [0, 0.05) is 0 Å². The van der Waals surface area contributed by atoms with Crippen LogP contribution in [0.2, 0.25) is 0 Å². The summed E-state index contributed by atoms with van der Waals surface area (Å²) in [6, 6.07) is -0.368. The van der Waals surface area contributed by atoms with Gasteiger partial charge in [-0.15, -0.1) is 0 Å². The van der Waals surface area contributed by atoms with Gasteiger partial charge in [-0.05, 0) is 30.2 Å². The van der Waals surface area contributed by atoms with Gasteiger partial charge in [0.05, 0.1) is 17.5 Å². The van der Waals surface area contributed by atoms with E-state index in [1.165, 1.54) is 0 Å². The van der Waals surface area contributed by atoms with Crippen molar-refractivity contribution >= 4 is 11.9 Å². The van der Waals surface area contributed by atoms with E-state index in [1.54, 1.807) is 0 Å². The van der Waals surface area contributed by atoms with E-state index in [-0.39, 0.29) is 12.5 Å². The molecule has 0 saturated heterocycles. The van der Waals surface area contributed by atoms with Gasteiger partial charge in [0.1, 0.15) is 6.04 Å². The molecule has 170 valence electrons. The van der Waals surface area contributed by atoms with Gasteiger partial charge in [-0.1, -0.05) is 45.4 Å². The summed E-state index contributed by atoms with van der Waals surface area (Å²) in [5.74, 6) is -2.27. The van der Waals surface area contributed by atoms with Crippen LogP contribution in [0.25, 0.3) is 0 Å². The van der Waals surface area contributed by atoms with Gasteiger partial charge in [-0.25, -0.2) is 4.79 Å². The molecule has 0 aliphatic carbocycles. The van der Waals surface area contributed by atoms with Gasteiger partial charge >= 0.3 is 18.3 Å². The summed E-state index contributed by atoms with van der Waals surface area (Å²) in [4.78, 5) is 23.4. The lowest BCUT2D eigenvalue weighted by Gasteiger charge is -2.16. The number of carboxylic acid groups (broad SMARTS) is 1.